The minimum atomic E-state index is -2.65. The highest BCUT2D eigenvalue weighted by atomic mass is 79.9. The lowest BCUT2D eigenvalue weighted by molar-refractivity contribution is -0.142. The highest BCUT2D eigenvalue weighted by molar-refractivity contribution is 9.08. The average molecular weight is 332 g/mol. The molecule has 6 heteroatoms. The number of rotatable bonds is 5. The van der Waals surface area contributed by atoms with Gasteiger partial charge in [0.25, 0.3) is 6.43 Å². The molecule has 0 radical (unpaired) electrons. The topological polar surface area (TPSA) is 50.1 Å². The number of esters is 1. The van der Waals surface area contributed by atoms with Gasteiger partial charge in [-0.1, -0.05) is 15.9 Å². The van der Waals surface area contributed by atoms with E-state index in [1.807, 2.05) is 6.07 Å². The van der Waals surface area contributed by atoms with Crippen molar-refractivity contribution in [1.29, 1.82) is 5.26 Å². The summed E-state index contributed by atoms with van der Waals surface area (Å²) in [4.78, 5) is 11.5. The molecule has 0 aliphatic carbocycles. The maximum absolute atomic E-state index is 12.7. The normalized spacial score (nSPS) is 10.3. The van der Waals surface area contributed by atoms with Crippen LogP contribution < -0.4 is 0 Å². The average Bonchev–Trinajstić information content (AvgIpc) is 2.38. The summed E-state index contributed by atoms with van der Waals surface area (Å²) >= 11 is 3.18. The van der Waals surface area contributed by atoms with E-state index in [4.69, 9.17) is 10.00 Å². The van der Waals surface area contributed by atoms with Crippen LogP contribution in [0.2, 0.25) is 0 Å². The molecule has 0 aliphatic rings. The Morgan fingerprint density at radius 3 is 2.68 bits per heavy atom. The molecule has 1 rings (SSSR count). The quantitative estimate of drug-likeness (QED) is 0.613. The van der Waals surface area contributed by atoms with Crippen LogP contribution >= 0.6 is 15.9 Å². The molecule has 3 nitrogen and oxygen atoms in total. The van der Waals surface area contributed by atoms with Crippen molar-refractivity contribution in [3.8, 4) is 6.07 Å². The van der Waals surface area contributed by atoms with Crippen LogP contribution in [0.5, 0.6) is 0 Å². The number of hydrogen-bond acceptors (Lipinski definition) is 3. The Morgan fingerprint density at radius 2 is 2.21 bits per heavy atom. The number of nitrogens with zero attached hydrogens (tertiary/aromatic N) is 1. The molecule has 102 valence electrons. The molecule has 0 fully saturated rings. The summed E-state index contributed by atoms with van der Waals surface area (Å²) in [5.41, 5.74) is 0.795. The fraction of sp³-hybridized carbons (Fsp3) is 0.385. The molecule has 1 aromatic carbocycles. The van der Waals surface area contributed by atoms with Gasteiger partial charge in [-0.2, -0.15) is 5.26 Å². The number of nitriles is 1. The predicted molar refractivity (Wildman–Crippen MR) is 69.1 cm³/mol. The summed E-state index contributed by atoms with van der Waals surface area (Å²) in [6.07, 6.45) is -2.75. The molecule has 0 saturated heterocycles. The second kappa shape index (κ2) is 7.19. The minimum absolute atomic E-state index is 0.0836. The molecule has 0 atom stereocenters. The van der Waals surface area contributed by atoms with Crippen molar-refractivity contribution in [3.05, 3.63) is 34.4 Å². The molecule has 0 amide bonds. The van der Waals surface area contributed by atoms with Crippen molar-refractivity contribution in [3.63, 3.8) is 0 Å². The molecule has 19 heavy (non-hydrogen) atoms. The van der Waals surface area contributed by atoms with Gasteiger partial charge in [0, 0.05) is 10.9 Å². The monoisotopic (exact) mass is 331 g/mol. The van der Waals surface area contributed by atoms with Gasteiger partial charge in [-0.05, 0) is 30.2 Å². The fourth-order valence-electron chi connectivity index (χ4n) is 1.67. The van der Waals surface area contributed by atoms with E-state index in [1.54, 1.807) is 6.92 Å². The van der Waals surface area contributed by atoms with E-state index < -0.39 is 12.4 Å². The van der Waals surface area contributed by atoms with Gasteiger partial charge in [0.2, 0.25) is 0 Å². The van der Waals surface area contributed by atoms with E-state index >= 15 is 0 Å². The van der Waals surface area contributed by atoms with Crippen LogP contribution in [0, 0.1) is 11.3 Å². The standard InChI is InChI=1S/C13H12BrF2NO2/c1-2-19-12(18)5-11-9(6-14)3-8(13(15)16)4-10(11)7-17/h3-4,13H,2,5-6H2,1H3. The lowest BCUT2D eigenvalue weighted by atomic mass is 9.97. The second-order valence-electron chi connectivity index (χ2n) is 3.73. The van der Waals surface area contributed by atoms with Gasteiger partial charge >= 0.3 is 5.97 Å². The van der Waals surface area contributed by atoms with Crippen LogP contribution in [0.1, 0.15) is 35.6 Å². The first-order valence-electron chi connectivity index (χ1n) is 5.59. The van der Waals surface area contributed by atoms with Gasteiger partial charge in [0.15, 0.2) is 0 Å². The van der Waals surface area contributed by atoms with Gasteiger partial charge in [-0.3, -0.25) is 4.79 Å². The minimum Gasteiger partial charge on any atom is -0.466 e. The Morgan fingerprint density at radius 1 is 1.53 bits per heavy atom. The van der Waals surface area contributed by atoms with Crippen molar-refractivity contribution < 1.29 is 18.3 Å². The number of ether oxygens (including phenoxy) is 1. The molecule has 0 heterocycles. The lowest BCUT2D eigenvalue weighted by Crippen LogP contribution is -2.11. The third-order valence-electron chi connectivity index (χ3n) is 2.51. The summed E-state index contributed by atoms with van der Waals surface area (Å²) in [6, 6.07) is 4.27. The van der Waals surface area contributed by atoms with Gasteiger partial charge < -0.3 is 4.74 Å². The molecular weight excluding hydrogens is 320 g/mol. The van der Waals surface area contributed by atoms with E-state index in [2.05, 4.69) is 15.9 Å². The van der Waals surface area contributed by atoms with Gasteiger partial charge in [-0.15, -0.1) is 0 Å². The van der Waals surface area contributed by atoms with Crippen molar-refractivity contribution in [2.24, 2.45) is 0 Å². The highest BCUT2D eigenvalue weighted by Crippen LogP contribution is 2.27. The molecule has 0 aromatic heterocycles. The fourth-order valence-corrected chi connectivity index (χ4v) is 2.17. The van der Waals surface area contributed by atoms with E-state index in [1.165, 1.54) is 6.07 Å². The molecule has 0 saturated carbocycles. The van der Waals surface area contributed by atoms with Crippen LogP contribution in [0.25, 0.3) is 0 Å². The van der Waals surface area contributed by atoms with Gasteiger partial charge in [0.1, 0.15) is 0 Å². The third-order valence-corrected chi connectivity index (χ3v) is 3.11. The second-order valence-corrected chi connectivity index (χ2v) is 4.29. The van der Waals surface area contributed by atoms with Crippen molar-refractivity contribution in [1.82, 2.24) is 0 Å². The smallest absolute Gasteiger partial charge is 0.310 e. The number of benzene rings is 1. The molecule has 1 aromatic rings. The Labute approximate surface area is 118 Å². The van der Waals surface area contributed by atoms with E-state index in [0.717, 1.165) is 6.07 Å². The third kappa shape index (κ3) is 4.00. The highest BCUT2D eigenvalue weighted by Gasteiger charge is 2.17. The molecular formula is C13H12BrF2NO2. The SMILES string of the molecule is CCOC(=O)Cc1c(C#N)cc(C(F)F)cc1CBr. The molecule has 0 aliphatic heterocycles. The number of carbonyl (C=O) groups is 1. The van der Waals surface area contributed by atoms with Crippen LogP contribution in [-0.2, 0) is 21.3 Å². The van der Waals surface area contributed by atoms with Crippen LogP contribution in [0.15, 0.2) is 12.1 Å². The summed E-state index contributed by atoms with van der Waals surface area (Å²) in [6.45, 7) is 1.91. The number of hydrogen-bond donors (Lipinski definition) is 0. The maximum atomic E-state index is 12.7. The van der Waals surface area contributed by atoms with Crippen LogP contribution in [0.4, 0.5) is 8.78 Å². The summed E-state index contributed by atoms with van der Waals surface area (Å²) < 4.78 is 30.2. The van der Waals surface area contributed by atoms with Crippen molar-refractivity contribution >= 4 is 21.9 Å². The van der Waals surface area contributed by atoms with Crippen molar-refractivity contribution in [2.45, 2.75) is 25.1 Å². The molecule has 0 bridgehead atoms. The van der Waals surface area contributed by atoms with Gasteiger partial charge in [-0.25, -0.2) is 8.78 Å². The zero-order valence-corrected chi connectivity index (χ0v) is 11.8. The Balaban J connectivity index is 3.22. The first kappa shape index (κ1) is 15.6. The number of carbonyl (C=O) groups excluding carboxylic acids is 1. The molecule has 0 unspecified atom stereocenters. The summed E-state index contributed by atoms with van der Waals surface area (Å²) in [7, 11) is 0. The van der Waals surface area contributed by atoms with Gasteiger partial charge in [0.05, 0.1) is 24.7 Å². The van der Waals surface area contributed by atoms with E-state index in [9.17, 15) is 13.6 Å². The largest absolute Gasteiger partial charge is 0.466 e. The summed E-state index contributed by atoms with van der Waals surface area (Å²) in [5, 5.41) is 9.31. The predicted octanol–water partition coefficient (Wildman–Crippen LogP) is 3.50. The molecule has 0 spiro atoms. The first-order valence-corrected chi connectivity index (χ1v) is 6.71. The van der Waals surface area contributed by atoms with Crippen molar-refractivity contribution in [2.75, 3.05) is 6.61 Å². The summed E-state index contributed by atoms with van der Waals surface area (Å²) in [5.74, 6) is -0.481. The van der Waals surface area contributed by atoms with E-state index in [-0.39, 0.29) is 29.5 Å². The Kier molecular flexibility index (Phi) is 5.90. The zero-order chi connectivity index (χ0) is 14.4. The Bertz CT molecular complexity index is 512. The van der Waals surface area contributed by atoms with E-state index in [0.29, 0.717) is 11.1 Å². The number of alkyl halides is 3. The lowest BCUT2D eigenvalue weighted by Gasteiger charge is -2.11. The van der Waals surface area contributed by atoms with Crippen LogP contribution in [0.3, 0.4) is 0 Å². The zero-order valence-electron chi connectivity index (χ0n) is 10.3. The Hall–Kier alpha value is -1.48. The van der Waals surface area contributed by atoms with Crippen LogP contribution in [-0.4, -0.2) is 12.6 Å². The first-order chi connectivity index (χ1) is 9.03. The number of halogens is 3. The maximum Gasteiger partial charge on any atom is 0.310 e. The molecule has 0 N–H and O–H groups in total.